The van der Waals surface area contributed by atoms with E-state index in [9.17, 15) is 8.78 Å². The highest BCUT2D eigenvalue weighted by molar-refractivity contribution is 7.98. The van der Waals surface area contributed by atoms with Crippen LogP contribution in [0.25, 0.3) is 11.3 Å². The van der Waals surface area contributed by atoms with E-state index >= 15 is 0 Å². The second-order valence-corrected chi connectivity index (χ2v) is 11.7. The van der Waals surface area contributed by atoms with Crippen molar-refractivity contribution in [3.63, 3.8) is 0 Å². The molecular weight excluding hydrogens is 480 g/mol. The lowest BCUT2D eigenvalue weighted by molar-refractivity contribution is 0.0171. The lowest BCUT2D eigenvalue weighted by atomic mass is 9.93. The molecule has 0 amide bonds. The van der Waals surface area contributed by atoms with Crippen LogP contribution in [0, 0.1) is 6.92 Å². The van der Waals surface area contributed by atoms with Crippen molar-refractivity contribution in [3.8, 4) is 11.3 Å². The third-order valence-corrected chi connectivity index (χ3v) is 8.57. The zero-order valence-electron chi connectivity index (χ0n) is 22.5. The van der Waals surface area contributed by atoms with Crippen LogP contribution in [0.3, 0.4) is 0 Å². The van der Waals surface area contributed by atoms with Crippen LogP contribution in [0.2, 0.25) is 0 Å². The zero-order chi connectivity index (χ0) is 26.4. The molecule has 5 rings (SSSR count). The number of benzene rings is 2. The standard InChI is InChI=1S/C29H31F2NS.C4H8/c1-19(2)8-14-24-20(3)16-28(26-7-5-6-25(24)26)33-18-21-9-11-22(12-10-21)27-15-13-23(17-32-27)29(4,30)31;1-2-4-3-1/h9-13,15-17H,1,5-8,14,18H2,2-4H3;1-4H2. The van der Waals surface area contributed by atoms with Crippen molar-refractivity contribution < 1.29 is 8.78 Å². The summed E-state index contributed by atoms with van der Waals surface area (Å²) in [5.74, 6) is -1.96. The first-order valence-corrected chi connectivity index (χ1v) is 14.6. The molecular formula is C33H39F2NS. The monoisotopic (exact) mass is 519 g/mol. The molecule has 1 aromatic heterocycles. The van der Waals surface area contributed by atoms with E-state index in [0.29, 0.717) is 5.69 Å². The van der Waals surface area contributed by atoms with Crippen molar-refractivity contribution in [2.75, 3.05) is 0 Å². The minimum Gasteiger partial charge on any atom is -0.256 e. The van der Waals surface area contributed by atoms with Gasteiger partial charge in [-0.1, -0.05) is 55.5 Å². The molecule has 37 heavy (non-hydrogen) atoms. The third kappa shape index (κ3) is 7.31. The molecule has 0 radical (unpaired) electrons. The van der Waals surface area contributed by atoms with Gasteiger partial charge in [0.1, 0.15) is 0 Å². The maximum absolute atomic E-state index is 13.4. The Kier molecular flexibility index (Phi) is 9.23. The van der Waals surface area contributed by atoms with Crippen LogP contribution >= 0.6 is 11.8 Å². The van der Waals surface area contributed by atoms with Crippen LogP contribution in [0.15, 0.2) is 65.7 Å². The van der Waals surface area contributed by atoms with Crippen LogP contribution in [-0.2, 0) is 30.9 Å². The highest BCUT2D eigenvalue weighted by Gasteiger charge is 2.24. The molecule has 0 unspecified atom stereocenters. The lowest BCUT2D eigenvalue weighted by Crippen LogP contribution is -2.07. The van der Waals surface area contributed by atoms with Gasteiger partial charge in [0, 0.05) is 34.9 Å². The largest absolute Gasteiger partial charge is 0.272 e. The zero-order valence-corrected chi connectivity index (χ0v) is 23.3. The fourth-order valence-electron chi connectivity index (χ4n) is 4.78. The van der Waals surface area contributed by atoms with Crippen LogP contribution in [0.5, 0.6) is 0 Å². The van der Waals surface area contributed by atoms with E-state index in [4.69, 9.17) is 0 Å². The molecule has 2 aromatic carbocycles. The topological polar surface area (TPSA) is 12.9 Å². The minimum atomic E-state index is -2.87. The second-order valence-electron chi connectivity index (χ2n) is 10.7. The fraction of sp³-hybridized carbons (Fsp3) is 0.424. The van der Waals surface area contributed by atoms with E-state index in [1.807, 2.05) is 23.9 Å². The number of thioether (sulfide) groups is 1. The fourth-order valence-corrected chi connectivity index (χ4v) is 5.95. The average molecular weight is 520 g/mol. The molecule has 1 fully saturated rings. The number of alkyl halides is 2. The van der Waals surface area contributed by atoms with Gasteiger partial charge >= 0.3 is 0 Å². The highest BCUT2D eigenvalue weighted by Crippen LogP contribution is 2.38. The van der Waals surface area contributed by atoms with Gasteiger partial charge in [0.15, 0.2) is 0 Å². The second kappa shape index (κ2) is 12.4. The number of halogens is 2. The molecule has 2 aliphatic carbocycles. The summed E-state index contributed by atoms with van der Waals surface area (Å²) in [4.78, 5) is 5.65. The minimum absolute atomic E-state index is 0.0623. The number of allylic oxidation sites excluding steroid dienone is 1. The number of aryl methyl sites for hydroxylation is 1. The summed E-state index contributed by atoms with van der Waals surface area (Å²) in [5, 5.41) is 0. The molecule has 1 nitrogen and oxygen atoms in total. The smallest absolute Gasteiger partial charge is 0.256 e. The van der Waals surface area contributed by atoms with Crippen molar-refractivity contribution in [3.05, 3.63) is 94.2 Å². The number of fused-ring (bicyclic) bond motifs is 1. The van der Waals surface area contributed by atoms with Crippen LogP contribution in [0.1, 0.15) is 85.8 Å². The normalized spacial score (nSPS) is 14.4. The van der Waals surface area contributed by atoms with Crippen molar-refractivity contribution in [2.24, 2.45) is 0 Å². The first-order chi connectivity index (χ1) is 17.7. The first-order valence-electron chi connectivity index (χ1n) is 13.6. The van der Waals surface area contributed by atoms with Gasteiger partial charge in [-0.25, -0.2) is 8.78 Å². The van der Waals surface area contributed by atoms with Gasteiger partial charge in [-0.3, -0.25) is 4.98 Å². The summed E-state index contributed by atoms with van der Waals surface area (Å²) in [7, 11) is 0. The molecule has 2 aliphatic rings. The van der Waals surface area contributed by atoms with Crippen molar-refractivity contribution in [1.82, 2.24) is 4.98 Å². The molecule has 0 spiro atoms. The molecule has 1 heterocycles. The Hall–Kier alpha value is -2.46. The Balaban J connectivity index is 0.000000730. The van der Waals surface area contributed by atoms with Crippen LogP contribution in [-0.4, -0.2) is 4.98 Å². The van der Waals surface area contributed by atoms with Gasteiger partial charge in [-0.05, 0) is 92.0 Å². The van der Waals surface area contributed by atoms with Crippen molar-refractivity contribution in [1.29, 1.82) is 0 Å². The lowest BCUT2D eigenvalue weighted by Gasteiger charge is -2.17. The SMILES string of the molecule is C1CCC1.C=C(C)CCc1c(C)cc(SCc2ccc(-c3ccc(C(C)(F)F)cn3)cc2)c2c1CCC2. The molecule has 0 saturated heterocycles. The predicted molar refractivity (Wildman–Crippen MR) is 154 cm³/mol. The van der Waals surface area contributed by atoms with Gasteiger partial charge in [-0.15, -0.1) is 18.3 Å². The Morgan fingerprint density at radius 1 is 0.973 bits per heavy atom. The number of pyridine rings is 1. The number of nitrogens with zero attached hydrogens (tertiary/aromatic N) is 1. The van der Waals surface area contributed by atoms with Crippen molar-refractivity contribution in [2.45, 2.75) is 95.1 Å². The molecule has 0 N–H and O–H groups in total. The van der Waals surface area contributed by atoms with E-state index in [1.54, 1.807) is 22.8 Å². The Morgan fingerprint density at radius 3 is 2.22 bits per heavy atom. The number of hydrogen-bond donors (Lipinski definition) is 0. The third-order valence-electron chi connectivity index (χ3n) is 7.42. The van der Waals surface area contributed by atoms with Gasteiger partial charge in [0.25, 0.3) is 5.92 Å². The highest BCUT2D eigenvalue weighted by atomic mass is 32.2. The summed E-state index contributed by atoms with van der Waals surface area (Å²) in [6.07, 6.45) is 13.0. The summed E-state index contributed by atoms with van der Waals surface area (Å²) in [5.41, 5.74) is 10.2. The predicted octanol–water partition coefficient (Wildman–Crippen LogP) is 10.0. The molecule has 1 saturated carbocycles. The number of aromatic nitrogens is 1. The van der Waals surface area contributed by atoms with Crippen molar-refractivity contribution >= 4 is 11.8 Å². The summed E-state index contributed by atoms with van der Waals surface area (Å²) in [6, 6.07) is 13.8. The van der Waals surface area contributed by atoms with Gasteiger partial charge in [0.2, 0.25) is 0 Å². The molecule has 0 aliphatic heterocycles. The quantitative estimate of drug-likeness (QED) is 0.217. The van der Waals surface area contributed by atoms with Gasteiger partial charge in [0.05, 0.1) is 5.69 Å². The van der Waals surface area contributed by atoms with Gasteiger partial charge < -0.3 is 0 Å². The molecule has 3 aromatic rings. The molecule has 0 atom stereocenters. The van der Waals surface area contributed by atoms with Gasteiger partial charge in [-0.2, -0.15) is 0 Å². The average Bonchev–Trinajstić information content (AvgIpc) is 3.31. The summed E-state index contributed by atoms with van der Waals surface area (Å²) in [6.45, 7) is 9.33. The molecule has 4 heteroatoms. The van der Waals surface area contributed by atoms with E-state index in [2.05, 4.69) is 43.6 Å². The van der Waals surface area contributed by atoms with E-state index in [1.165, 1.54) is 78.8 Å². The number of hydrogen-bond acceptors (Lipinski definition) is 2. The number of rotatable bonds is 8. The Labute approximate surface area is 225 Å². The maximum Gasteiger partial charge on any atom is 0.272 e. The van der Waals surface area contributed by atoms with E-state index < -0.39 is 5.92 Å². The van der Waals surface area contributed by atoms with E-state index in [0.717, 1.165) is 31.1 Å². The van der Waals surface area contributed by atoms with E-state index in [-0.39, 0.29) is 5.56 Å². The summed E-state index contributed by atoms with van der Waals surface area (Å²) >= 11 is 1.92. The first kappa shape index (κ1) is 27.6. The van der Waals surface area contributed by atoms with Crippen LogP contribution < -0.4 is 0 Å². The molecule has 0 bridgehead atoms. The maximum atomic E-state index is 13.4. The van der Waals surface area contributed by atoms with Crippen LogP contribution in [0.4, 0.5) is 8.78 Å². The Morgan fingerprint density at radius 2 is 1.65 bits per heavy atom. The Bertz CT molecular complexity index is 1200. The summed E-state index contributed by atoms with van der Waals surface area (Å²) < 4.78 is 26.8. The molecule has 196 valence electrons.